The SMILES string of the molecule is Clc1nnc(-c2ccccc2)n1C(C1CC1)C1CC1. The minimum atomic E-state index is 0.512. The van der Waals surface area contributed by atoms with E-state index in [1.54, 1.807) is 0 Å². The maximum Gasteiger partial charge on any atom is 0.225 e. The Morgan fingerprint density at radius 2 is 1.63 bits per heavy atom. The fourth-order valence-corrected chi connectivity index (χ4v) is 3.23. The van der Waals surface area contributed by atoms with Crippen LogP contribution in [0.2, 0.25) is 5.28 Å². The van der Waals surface area contributed by atoms with E-state index in [0.29, 0.717) is 11.3 Å². The molecule has 2 fully saturated rings. The molecule has 19 heavy (non-hydrogen) atoms. The summed E-state index contributed by atoms with van der Waals surface area (Å²) < 4.78 is 2.19. The van der Waals surface area contributed by atoms with E-state index in [1.165, 1.54) is 25.7 Å². The van der Waals surface area contributed by atoms with Crippen LogP contribution in [0.1, 0.15) is 31.7 Å². The summed E-state index contributed by atoms with van der Waals surface area (Å²) in [5.74, 6) is 2.49. The van der Waals surface area contributed by atoms with Crippen LogP contribution in [0, 0.1) is 11.8 Å². The number of rotatable bonds is 4. The summed E-state index contributed by atoms with van der Waals surface area (Å²) in [6, 6.07) is 10.8. The van der Waals surface area contributed by atoms with Crippen molar-refractivity contribution < 1.29 is 0 Å². The van der Waals surface area contributed by atoms with E-state index in [0.717, 1.165) is 23.2 Å². The molecule has 2 aliphatic carbocycles. The van der Waals surface area contributed by atoms with Crippen LogP contribution in [0.25, 0.3) is 11.4 Å². The van der Waals surface area contributed by atoms with Crippen molar-refractivity contribution in [2.24, 2.45) is 11.8 Å². The van der Waals surface area contributed by atoms with Gasteiger partial charge in [-0.2, -0.15) is 0 Å². The van der Waals surface area contributed by atoms with Crippen LogP contribution >= 0.6 is 11.6 Å². The van der Waals surface area contributed by atoms with Gasteiger partial charge in [-0.15, -0.1) is 10.2 Å². The number of aromatic nitrogens is 3. The molecule has 4 rings (SSSR count). The van der Waals surface area contributed by atoms with Gasteiger partial charge < -0.3 is 0 Å². The van der Waals surface area contributed by atoms with Crippen molar-refractivity contribution in [2.45, 2.75) is 31.7 Å². The van der Waals surface area contributed by atoms with E-state index in [9.17, 15) is 0 Å². The van der Waals surface area contributed by atoms with Gasteiger partial charge in [0.1, 0.15) is 0 Å². The lowest BCUT2D eigenvalue weighted by atomic mass is 10.1. The third kappa shape index (κ3) is 2.06. The molecule has 0 unspecified atom stereocenters. The largest absolute Gasteiger partial charge is 0.294 e. The Hall–Kier alpha value is -1.35. The van der Waals surface area contributed by atoms with Gasteiger partial charge in [0.25, 0.3) is 0 Å². The van der Waals surface area contributed by atoms with Gasteiger partial charge in [-0.25, -0.2) is 0 Å². The summed E-state index contributed by atoms with van der Waals surface area (Å²) >= 11 is 6.32. The van der Waals surface area contributed by atoms with Gasteiger partial charge in [0.2, 0.25) is 5.28 Å². The Balaban J connectivity index is 1.80. The van der Waals surface area contributed by atoms with Crippen molar-refractivity contribution in [3.63, 3.8) is 0 Å². The number of hydrogen-bond acceptors (Lipinski definition) is 2. The maximum absolute atomic E-state index is 6.32. The van der Waals surface area contributed by atoms with Crippen LogP contribution in [0.3, 0.4) is 0 Å². The molecule has 0 spiro atoms. The highest BCUT2D eigenvalue weighted by Crippen LogP contribution is 2.53. The Bertz CT molecular complexity index is 573. The van der Waals surface area contributed by atoms with Crippen molar-refractivity contribution in [1.29, 1.82) is 0 Å². The van der Waals surface area contributed by atoms with Gasteiger partial charge in [-0.05, 0) is 49.1 Å². The van der Waals surface area contributed by atoms with E-state index in [4.69, 9.17) is 11.6 Å². The lowest BCUT2D eigenvalue weighted by Gasteiger charge is -2.20. The molecule has 0 saturated heterocycles. The molecule has 4 heteroatoms. The van der Waals surface area contributed by atoms with Crippen LogP contribution in [0.15, 0.2) is 30.3 Å². The van der Waals surface area contributed by atoms with Crippen molar-refractivity contribution in [3.8, 4) is 11.4 Å². The average molecular weight is 274 g/mol. The lowest BCUT2D eigenvalue weighted by molar-refractivity contribution is 0.397. The topological polar surface area (TPSA) is 30.7 Å². The Labute approximate surface area is 117 Å². The van der Waals surface area contributed by atoms with E-state index in [2.05, 4.69) is 26.9 Å². The van der Waals surface area contributed by atoms with Crippen molar-refractivity contribution in [3.05, 3.63) is 35.6 Å². The normalized spacial score (nSPS) is 19.1. The highest BCUT2D eigenvalue weighted by Gasteiger charge is 2.44. The molecule has 2 aromatic rings. The van der Waals surface area contributed by atoms with Crippen LogP contribution < -0.4 is 0 Å². The molecule has 98 valence electrons. The monoisotopic (exact) mass is 273 g/mol. The number of nitrogens with zero attached hydrogens (tertiary/aromatic N) is 3. The first-order valence-corrected chi connectivity index (χ1v) is 7.38. The van der Waals surface area contributed by atoms with Gasteiger partial charge in [0, 0.05) is 11.6 Å². The fourth-order valence-electron chi connectivity index (χ4n) is 3.00. The van der Waals surface area contributed by atoms with Gasteiger partial charge in [0.05, 0.1) is 0 Å². The summed E-state index contributed by atoms with van der Waals surface area (Å²) in [7, 11) is 0. The first kappa shape index (κ1) is 11.5. The fraction of sp³-hybridized carbons (Fsp3) is 0.467. The molecule has 0 amide bonds. The summed E-state index contributed by atoms with van der Waals surface area (Å²) in [5.41, 5.74) is 1.10. The summed E-state index contributed by atoms with van der Waals surface area (Å²) in [6.07, 6.45) is 5.29. The average Bonchev–Trinajstić information content (AvgIpc) is 3.33. The minimum Gasteiger partial charge on any atom is -0.294 e. The second-order valence-corrected chi connectivity index (χ2v) is 6.03. The molecule has 1 aromatic carbocycles. The van der Waals surface area contributed by atoms with Crippen LogP contribution in [0.5, 0.6) is 0 Å². The first-order chi connectivity index (χ1) is 9.34. The van der Waals surface area contributed by atoms with E-state index in [-0.39, 0.29) is 0 Å². The Morgan fingerprint density at radius 3 is 2.21 bits per heavy atom. The molecular formula is C15H16ClN3. The molecule has 1 aromatic heterocycles. The van der Waals surface area contributed by atoms with Crippen molar-refractivity contribution in [2.75, 3.05) is 0 Å². The van der Waals surface area contributed by atoms with E-state index >= 15 is 0 Å². The van der Waals surface area contributed by atoms with Crippen molar-refractivity contribution >= 4 is 11.6 Å². The van der Waals surface area contributed by atoms with E-state index < -0.39 is 0 Å². The molecule has 2 saturated carbocycles. The molecule has 0 radical (unpaired) electrons. The minimum absolute atomic E-state index is 0.512. The first-order valence-electron chi connectivity index (χ1n) is 7.00. The van der Waals surface area contributed by atoms with E-state index in [1.807, 2.05) is 18.2 Å². The van der Waals surface area contributed by atoms with Gasteiger partial charge >= 0.3 is 0 Å². The number of hydrogen-bond donors (Lipinski definition) is 0. The molecule has 1 heterocycles. The van der Waals surface area contributed by atoms with Gasteiger partial charge in [-0.3, -0.25) is 4.57 Å². The molecule has 0 atom stereocenters. The van der Waals surface area contributed by atoms with Crippen molar-refractivity contribution in [1.82, 2.24) is 14.8 Å². The van der Waals surface area contributed by atoms with Gasteiger partial charge in [-0.1, -0.05) is 30.3 Å². The highest BCUT2D eigenvalue weighted by atomic mass is 35.5. The maximum atomic E-state index is 6.32. The smallest absolute Gasteiger partial charge is 0.225 e. The third-order valence-electron chi connectivity index (χ3n) is 4.19. The molecule has 2 aliphatic rings. The van der Waals surface area contributed by atoms with Crippen LogP contribution in [0.4, 0.5) is 0 Å². The zero-order valence-electron chi connectivity index (χ0n) is 10.7. The predicted molar refractivity (Wildman–Crippen MR) is 75.0 cm³/mol. The number of benzene rings is 1. The number of halogens is 1. The zero-order chi connectivity index (χ0) is 12.8. The zero-order valence-corrected chi connectivity index (χ0v) is 11.4. The summed E-state index contributed by atoms with van der Waals surface area (Å²) in [4.78, 5) is 0. The summed E-state index contributed by atoms with van der Waals surface area (Å²) in [5, 5.41) is 8.96. The Kier molecular flexibility index (Phi) is 2.62. The summed E-state index contributed by atoms with van der Waals surface area (Å²) in [6.45, 7) is 0. The second-order valence-electron chi connectivity index (χ2n) is 5.69. The molecule has 0 N–H and O–H groups in total. The highest BCUT2D eigenvalue weighted by molar-refractivity contribution is 6.28. The van der Waals surface area contributed by atoms with Crippen LogP contribution in [-0.4, -0.2) is 14.8 Å². The predicted octanol–water partition coefficient (Wildman–Crippen LogP) is 3.96. The molecular weight excluding hydrogens is 258 g/mol. The van der Waals surface area contributed by atoms with Crippen LogP contribution in [-0.2, 0) is 0 Å². The molecule has 0 aliphatic heterocycles. The lowest BCUT2D eigenvalue weighted by Crippen LogP contribution is -2.15. The molecule has 0 bridgehead atoms. The Morgan fingerprint density at radius 1 is 1.00 bits per heavy atom. The molecule has 3 nitrogen and oxygen atoms in total. The standard InChI is InChI=1S/C15H16ClN3/c16-15-18-17-14(12-4-2-1-3-5-12)19(15)13(10-6-7-10)11-8-9-11/h1-5,10-11,13H,6-9H2. The third-order valence-corrected chi connectivity index (χ3v) is 4.45. The second kappa shape index (κ2) is 4.34. The van der Waals surface area contributed by atoms with Gasteiger partial charge in [0.15, 0.2) is 5.82 Å². The quantitative estimate of drug-likeness (QED) is 0.844.